The standard InChI is InChI=1S/C14H22N4O/c15-12-10-13(17-14(16-12)11-4-5-11)19-9-8-18-6-2-1-3-7-18/h10-11H,1-9H2,(H2,15,16,17). The number of nitrogen functional groups attached to an aromatic ring is 1. The molecule has 1 aliphatic carbocycles. The summed E-state index contributed by atoms with van der Waals surface area (Å²) in [5.74, 6) is 2.51. The minimum atomic E-state index is 0.507. The molecule has 1 aliphatic heterocycles. The molecule has 1 aromatic heterocycles. The molecule has 3 rings (SSSR count). The van der Waals surface area contributed by atoms with Crippen molar-refractivity contribution in [3.8, 4) is 5.88 Å². The van der Waals surface area contributed by atoms with Crippen LogP contribution in [0.5, 0.6) is 5.88 Å². The average molecular weight is 262 g/mol. The monoisotopic (exact) mass is 262 g/mol. The molecule has 19 heavy (non-hydrogen) atoms. The van der Waals surface area contributed by atoms with Crippen LogP contribution in [0, 0.1) is 0 Å². The lowest BCUT2D eigenvalue weighted by atomic mass is 10.1. The zero-order valence-corrected chi connectivity index (χ0v) is 11.3. The first-order valence-electron chi connectivity index (χ1n) is 7.31. The van der Waals surface area contributed by atoms with Crippen molar-refractivity contribution in [2.75, 3.05) is 32.0 Å². The zero-order valence-electron chi connectivity index (χ0n) is 11.3. The quantitative estimate of drug-likeness (QED) is 0.876. The van der Waals surface area contributed by atoms with Crippen LogP contribution in [-0.4, -0.2) is 41.1 Å². The topological polar surface area (TPSA) is 64.3 Å². The number of nitrogens with zero attached hydrogens (tertiary/aromatic N) is 3. The van der Waals surface area contributed by atoms with Gasteiger partial charge in [0.1, 0.15) is 18.2 Å². The van der Waals surface area contributed by atoms with E-state index in [1.54, 1.807) is 6.07 Å². The number of aromatic nitrogens is 2. The zero-order chi connectivity index (χ0) is 13.1. The second kappa shape index (κ2) is 5.74. The first-order chi connectivity index (χ1) is 9.31. The maximum atomic E-state index is 5.80. The van der Waals surface area contributed by atoms with Gasteiger partial charge in [-0.3, -0.25) is 4.90 Å². The number of likely N-dealkylation sites (tertiary alicyclic amines) is 1. The molecule has 1 aromatic rings. The molecule has 2 heterocycles. The normalized spacial score (nSPS) is 20.4. The third kappa shape index (κ3) is 3.56. The Balaban J connectivity index is 1.51. The highest BCUT2D eigenvalue weighted by Crippen LogP contribution is 2.38. The minimum absolute atomic E-state index is 0.507. The number of ether oxygens (including phenoxy) is 1. The van der Waals surface area contributed by atoms with Crippen LogP contribution < -0.4 is 10.5 Å². The lowest BCUT2D eigenvalue weighted by Gasteiger charge is -2.26. The molecule has 2 N–H and O–H groups in total. The first kappa shape index (κ1) is 12.7. The van der Waals surface area contributed by atoms with Crippen molar-refractivity contribution in [3.05, 3.63) is 11.9 Å². The van der Waals surface area contributed by atoms with Crippen molar-refractivity contribution in [2.45, 2.75) is 38.0 Å². The summed E-state index contributed by atoms with van der Waals surface area (Å²) in [5, 5.41) is 0. The van der Waals surface area contributed by atoms with Crippen LogP contribution in [0.2, 0.25) is 0 Å². The summed E-state index contributed by atoms with van der Waals surface area (Å²) in [6.45, 7) is 4.05. The van der Waals surface area contributed by atoms with E-state index >= 15 is 0 Å². The van der Waals surface area contributed by atoms with E-state index < -0.39 is 0 Å². The van der Waals surface area contributed by atoms with E-state index in [9.17, 15) is 0 Å². The van der Waals surface area contributed by atoms with Gasteiger partial charge in [0.05, 0.1) is 0 Å². The Hall–Kier alpha value is -1.36. The molecule has 0 unspecified atom stereocenters. The molecular formula is C14H22N4O. The second-order valence-electron chi connectivity index (χ2n) is 5.51. The molecule has 0 radical (unpaired) electrons. The van der Waals surface area contributed by atoms with Crippen LogP contribution in [-0.2, 0) is 0 Å². The van der Waals surface area contributed by atoms with Crippen LogP contribution in [0.15, 0.2) is 6.07 Å². The molecule has 5 nitrogen and oxygen atoms in total. The number of rotatable bonds is 5. The molecule has 1 saturated heterocycles. The summed E-state index contributed by atoms with van der Waals surface area (Å²) in [4.78, 5) is 11.2. The maximum absolute atomic E-state index is 5.80. The van der Waals surface area contributed by atoms with Crippen molar-refractivity contribution in [1.29, 1.82) is 0 Å². The molecule has 104 valence electrons. The van der Waals surface area contributed by atoms with Crippen molar-refractivity contribution >= 4 is 5.82 Å². The van der Waals surface area contributed by atoms with E-state index in [2.05, 4.69) is 14.9 Å². The highest BCUT2D eigenvalue weighted by Gasteiger charge is 2.27. The minimum Gasteiger partial charge on any atom is -0.476 e. The van der Waals surface area contributed by atoms with Gasteiger partial charge < -0.3 is 10.5 Å². The van der Waals surface area contributed by atoms with Crippen LogP contribution >= 0.6 is 0 Å². The Morgan fingerprint density at radius 3 is 2.74 bits per heavy atom. The van der Waals surface area contributed by atoms with Gasteiger partial charge in [0.25, 0.3) is 0 Å². The number of nitrogens with two attached hydrogens (primary N) is 1. The number of hydrogen-bond donors (Lipinski definition) is 1. The van der Waals surface area contributed by atoms with Crippen LogP contribution in [0.25, 0.3) is 0 Å². The van der Waals surface area contributed by atoms with Gasteiger partial charge in [0, 0.05) is 18.5 Å². The van der Waals surface area contributed by atoms with E-state index in [4.69, 9.17) is 10.5 Å². The smallest absolute Gasteiger partial charge is 0.218 e. The summed E-state index contributed by atoms with van der Waals surface area (Å²) in [7, 11) is 0. The van der Waals surface area contributed by atoms with Gasteiger partial charge >= 0.3 is 0 Å². The van der Waals surface area contributed by atoms with E-state index in [1.807, 2.05) is 0 Å². The Kier molecular flexibility index (Phi) is 3.82. The van der Waals surface area contributed by atoms with E-state index in [0.717, 1.165) is 12.4 Å². The summed E-state index contributed by atoms with van der Waals surface area (Å²) in [5.41, 5.74) is 5.80. The van der Waals surface area contributed by atoms with Gasteiger partial charge in [-0.25, -0.2) is 4.98 Å². The van der Waals surface area contributed by atoms with E-state index in [1.165, 1.54) is 45.2 Å². The summed E-state index contributed by atoms with van der Waals surface area (Å²) < 4.78 is 5.74. The van der Waals surface area contributed by atoms with Gasteiger partial charge in [-0.15, -0.1) is 0 Å². The van der Waals surface area contributed by atoms with Gasteiger partial charge in [0.2, 0.25) is 5.88 Å². The number of anilines is 1. The molecule has 0 amide bonds. The highest BCUT2D eigenvalue weighted by atomic mass is 16.5. The molecule has 0 aromatic carbocycles. The van der Waals surface area contributed by atoms with Crippen molar-refractivity contribution in [1.82, 2.24) is 14.9 Å². The summed E-state index contributed by atoms with van der Waals surface area (Å²) in [6.07, 6.45) is 6.34. The molecule has 5 heteroatoms. The van der Waals surface area contributed by atoms with E-state index in [0.29, 0.717) is 24.2 Å². The summed E-state index contributed by atoms with van der Waals surface area (Å²) >= 11 is 0. The number of hydrogen-bond acceptors (Lipinski definition) is 5. The molecular weight excluding hydrogens is 240 g/mol. The molecule has 0 spiro atoms. The van der Waals surface area contributed by atoms with Crippen molar-refractivity contribution in [3.63, 3.8) is 0 Å². The fourth-order valence-electron chi connectivity index (χ4n) is 2.52. The third-order valence-electron chi connectivity index (χ3n) is 3.79. The predicted octanol–water partition coefficient (Wildman–Crippen LogP) is 1.80. The fourth-order valence-corrected chi connectivity index (χ4v) is 2.52. The SMILES string of the molecule is Nc1cc(OCCN2CCCCC2)nc(C2CC2)n1. The molecule has 0 atom stereocenters. The summed E-state index contributed by atoms with van der Waals surface area (Å²) in [6, 6.07) is 1.72. The van der Waals surface area contributed by atoms with Gasteiger partial charge in [0.15, 0.2) is 0 Å². The fraction of sp³-hybridized carbons (Fsp3) is 0.714. The average Bonchev–Trinajstić information content (AvgIpc) is 3.24. The third-order valence-corrected chi connectivity index (χ3v) is 3.79. The van der Waals surface area contributed by atoms with Gasteiger partial charge in [-0.2, -0.15) is 4.98 Å². The van der Waals surface area contributed by atoms with Crippen LogP contribution in [0.1, 0.15) is 43.8 Å². The Morgan fingerprint density at radius 2 is 2.00 bits per heavy atom. The molecule has 0 bridgehead atoms. The van der Waals surface area contributed by atoms with Crippen molar-refractivity contribution in [2.24, 2.45) is 0 Å². The maximum Gasteiger partial charge on any atom is 0.218 e. The first-order valence-corrected chi connectivity index (χ1v) is 7.31. The van der Waals surface area contributed by atoms with Crippen molar-refractivity contribution < 1.29 is 4.74 Å². The largest absolute Gasteiger partial charge is 0.476 e. The lowest BCUT2D eigenvalue weighted by Crippen LogP contribution is -2.33. The lowest BCUT2D eigenvalue weighted by molar-refractivity contribution is 0.180. The van der Waals surface area contributed by atoms with Crippen LogP contribution in [0.4, 0.5) is 5.82 Å². The van der Waals surface area contributed by atoms with E-state index in [-0.39, 0.29) is 0 Å². The molecule has 2 aliphatic rings. The van der Waals surface area contributed by atoms with Gasteiger partial charge in [-0.05, 0) is 38.8 Å². The highest BCUT2D eigenvalue weighted by molar-refractivity contribution is 5.34. The Morgan fingerprint density at radius 1 is 1.21 bits per heavy atom. The second-order valence-corrected chi connectivity index (χ2v) is 5.51. The predicted molar refractivity (Wildman–Crippen MR) is 74.2 cm³/mol. The molecule has 2 fully saturated rings. The Bertz CT molecular complexity index is 427. The van der Waals surface area contributed by atoms with Gasteiger partial charge in [-0.1, -0.05) is 6.42 Å². The molecule has 1 saturated carbocycles. The number of piperidine rings is 1. The van der Waals surface area contributed by atoms with Crippen LogP contribution in [0.3, 0.4) is 0 Å². The Labute approximate surface area is 114 Å².